The third kappa shape index (κ3) is 3.02. The molecule has 0 atom stereocenters. The van der Waals surface area contributed by atoms with Crippen molar-refractivity contribution in [2.24, 2.45) is 0 Å². The molecule has 0 amide bonds. The summed E-state index contributed by atoms with van der Waals surface area (Å²) in [5, 5.41) is 3.69. The van der Waals surface area contributed by atoms with Crippen LogP contribution >= 0.6 is 4.73 Å². The summed E-state index contributed by atoms with van der Waals surface area (Å²) in [6.07, 6.45) is 1.99. The zero-order valence-electron chi connectivity index (χ0n) is 10.0. The maximum atomic E-state index is 6.09. The number of hydrogen-bond acceptors (Lipinski definition) is 1. The van der Waals surface area contributed by atoms with Crippen molar-refractivity contribution >= 4 is 41.7 Å². The Morgan fingerprint density at radius 1 is 0.944 bits per heavy atom. The molecule has 0 heterocycles. The molecule has 0 saturated heterocycles. The summed E-state index contributed by atoms with van der Waals surface area (Å²) in [5.74, 6) is 0. The molecule has 2 aromatic carbocycles. The van der Waals surface area contributed by atoms with Gasteiger partial charge in [0, 0.05) is 0 Å². The Kier molecular flexibility index (Phi) is 4.97. The van der Waals surface area contributed by atoms with Crippen LogP contribution in [0.1, 0.15) is 0 Å². The molecular formula is C15H15PSSe. The predicted octanol–water partition coefficient (Wildman–Crippen LogP) is 3.34. The zero-order valence-corrected chi connectivity index (χ0v) is 13.5. The van der Waals surface area contributed by atoms with Gasteiger partial charge in [-0.3, -0.25) is 0 Å². The van der Waals surface area contributed by atoms with E-state index in [1.165, 1.54) is 10.6 Å². The second-order valence-electron chi connectivity index (χ2n) is 3.81. The first kappa shape index (κ1) is 13.8. The van der Waals surface area contributed by atoms with E-state index in [9.17, 15) is 0 Å². The van der Waals surface area contributed by atoms with Gasteiger partial charge in [0.15, 0.2) is 0 Å². The molecule has 3 heteroatoms. The van der Waals surface area contributed by atoms with Gasteiger partial charge >= 0.3 is 120 Å². The van der Waals surface area contributed by atoms with Gasteiger partial charge in [0.05, 0.1) is 0 Å². The van der Waals surface area contributed by atoms with Crippen LogP contribution in [0.15, 0.2) is 73.3 Å². The second kappa shape index (κ2) is 6.50. The normalized spacial score (nSPS) is 11.1. The van der Waals surface area contributed by atoms with Crippen LogP contribution in [0.5, 0.6) is 0 Å². The first-order chi connectivity index (χ1) is 8.77. The standard InChI is InChI=1S/C15H15PSSe/c1-2-13-18-16(17,14-9-5-3-6-10-14)15-11-7-4-8-12-15/h2-12H,1,13H2. The van der Waals surface area contributed by atoms with E-state index in [1.54, 1.807) is 0 Å². The monoisotopic (exact) mass is 338 g/mol. The molecule has 0 radical (unpaired) electrons. The minimum absolute atomic E-state index is 0.396. The topological polar surface area (TPSA) is 0 Å². The summed E-state index contributed by atoms with van der Waals surface area (Å²) >= 11 is 6.49. The summed E-state index contributed by atoms with van der Waals surface area (Å²) < 4.78 is -1.62. The quantitative estimate of drug-likeness (QED) is 0.458. The van der Waals surface area contributed by atoms with Gasteiger partial charge in [0.25, 0.3) is 0 Å². The molecule has 0 aliphatic rings. The fraction of sp³-hybridized carbons (Fsp3) is 0.0667. The van der Waals surface area contributed by atoms with E-state index in [2.05, 4.69) is 67.2 Å². The SMILES string of the molecule is C=CC[Se]P(=S)(c1ccccc1)c1ccccc1. The van der Waals surface area contributed by atoms with Gasteiger partial charge in [0.1, 0.15) is 0 Å². The van der Waals surface area contributed by atoms with E-state index >= 15 is 0 Å². The number of benzene rings is 2. The molecule has 92 valence electrons. The van der Waals surface area contributed by atoms with Crippen LogP contribution in [-0.2, 0) is 11.8 Å². The van der Waals surface area contributed by atoms with E-state index in [0.29, 0.717) is 14.5 Å². The summed E-state index contributed by atoms with van der Waals surface area (Å²) in [5.41, 5.74) is 0. The Balaban J connectivity index is 2.48. The van der Waals surface area contributed by atoms with E-state index in [1.807, 2.05) is 6.08 Å². The predicted molar refractivity (Wildman–Crippen MR) is 87.2 cm³/mol. The summed E-state index contributed by atoms with van der Waals surface area (Å²) in [4.78, 5) is 0. The first-order valence-corrected chi connectivity index (χ1v) is 12.0. The van der Waals surface area contributed by atoms with Crippen molar-refractivity contribution in [3.63, 3.8) is 0 Å². The molecular weight excluding hydrogens is 322 g/mol. The van der Waals surface area contributed by atoms with Gasteiger partial charge < -0.3 is 0 Å². The van der Waals surface area contributed by atoms with E-state index in [-0.39, 0.29) is 0 Å². The van der Waals surface area contributed by atoms with Crippen LogP contribution in [0, 0.1) is 0 Å². The molecule has 0 aromatic heterocycles. The molecule has 0 bridgehead atoms. The molecule has 0 fully saturated rings. The first-order valence-electron chi connectivity index (χ1n) is 5.74. The van der Waals surface area contributed by atoms with Gasteiger partial charge in [0.2, 0.25) is 0 Å². The maximum absolute atomic E-state index is 6.09. The number of allylic oxidation sites excluding steroid dienone is 1. The zero-order chi connectivity index (χ0) is 12.8. The van der Waals surface area contributed by atoms with Crippen molar-refractivity contribution in [2.45, 2.75) is 5.32 Å². The fourth-order valence-electron chi connectivity index (χ4n) is 1.70. The van der Waals surface area contributed by atoms with Gasteiger partial charge in [-0.1, -0.05) is 0 Å². The Morgan fingerprint density at radius 2 is 1.39 bits per heavy atom. The molecule has 2 aromatic rings. The molecule has 0 spiro atoms. The third-order valence-electron chi connectivity index (χ3n) is 2.57. The Bertz CT molecular complexity index is 508. The molecule has 0 nitrogen and oxygen atoms in total. The van der Waals surface area contributed by atoms with Gasteiger partial charge in [-0.05, 0) is 0 Å². The van der Waals surface area contributed by atoms with Crippen molar-refractivity contribution in [3.05, 3.63) is 73.3 Å². The van der Waals surface area contributed by atoms with Crippen molar-refractivity contribution in [1.29, 1.82) is 0 Å². The molecule has 0 aliphatic heterocycles. The Hall–Kier alpha value is -0.651. The second-order valence-corrected chi connectivity index (χ2v) is 15.2. The van der Waals surface area contributed by atoms with Crippen molar-refractivity contribution < 1.29 is 0 Å². The average Bonchev–Trinajstić information content (AvgIpc) is 2.46. The average molecular weight is 337 g/mol. The van der Waals surface area contributed by atoms with E-state index < -0.39 is 4.73 Å². The van der Waals surface area contributed by atoms with Crippen LogP contribution in [-0.4, -0.2) is 14.5 Å². The third-order valence-corrected chi connectivity index (χ3v) is 14.3. The van der Waals surface area contributed by atoms with Crippen molar-refractivity contribution in [1.82, 2.24) is 0 Å². The summed E-state index contributed by atoms with van der Waals surface area (Å²) in [6, 6.07) is 21.2. The van der Waals surface area contributed by atoms with Crippen LogP contribution in [0.2, 0.25) is 5.32 Å². The molecule has 0 saturated carbocycles. The summed E-state index contributed by atoms with van der Waals surface area (Å²) in [6.45, 7) is 3.84. The summed E-state index contributed by atoms with van der Waals surface area (Å²) in [7, 11) is 0. The molecule has 0 aliphatic carbocycles. The van der Waals surface area contributed by atoms with Crippen LogP contribution in [0.3, 0.4) is 0 Å². The van der Waals surface area contributed by atoms with Crippen LogP contribution < -0.4 is 10.6 Å². The van der Waals surface area contributed by atoms with Crippen LogP contribution in [0.25, 0.3) is 0 Å². The van der Waals surface area contributed by atoms with Crippen LogP contribution in [0.4, 0.5) is 0 Å². The fourth-order valence-corrected chi connectivity index (χ4v) is 10.8. The van der Waals surface area contributed by atoms with E-state index in [4.69, 9.17) is 11.8 Å². The van der Waals surface area contributed by atoms with Gasteiger partial charge in [-0.15, -0.1) is 0 Å². The van der Waals surface area contributed by atoms with Gasteiger partial charge in [-0.2, -0.15) is 0 Å². The van der Waals surface area contributed by atoms with Crippen molar-refractivity contribution in [3.8, 4) is 0 Å². The Morgan fingerprint density at radius 3 is 1.78 bits per heavy atom. The number of hydrogen-bond donors (Lipinski definition) is 0. The molecule has 0 N–H and O–H groups in total. The van der Waals surface area contributed by atoms with Crippen molar-refractivity contribution in [2.75, 3.05) is 0 Å². The number of rotatable bonds is 5. The molecule has 18 heavy (non-hydrogen) atoms. The minimum atomic E-state index is -1.62. The molecule has 0 unspecified atom stereocenters. The van der Waals surface area contributed by atoms with E-state index in [0.717, 1.165) is 5.32 Å². The Labute approximate surface area is 120 Å². The molecule has 2 rings (SSSR count). The van der Waals surface area contributed by atoms with Gasteiger partial charge in [-0.25, -0.2) is 0 Å².